The van der Waals surface area contributed by atoms with Crippen LogP contribution in [0.5, 0.6) is 28.7 Å². The maximum Gasteiger partial charge on any atom is 0.229 e. The lowest BCUT2D eigenvalue weighted by Gasteiger charge is -2.44. The van der Waals surface area contributed by atoms with Crippen molar-refractivity contribution >= 4 is 0 Å². The van der Waals surface area contributed by atoms with E-state index in [1.54, 1.807) is 32.4 Å². The highest BCUT2D eigenvalue weighted by Crippen LogP contribution is 2.56. The van der Waals surface area contributed by atoms with Gasteiger partial charge in [0.25, 0.3) is 0 Å². The van der Waals surface area contributed by atoms with Crippen molar-refractivity contribution in [2.24, 2.45) is 0 Å². The van der Waals surface area contributed by atoms with Crippen LogP contribution in [0.15, 0.2) is 30.3 Å². The van der Waals surface area contributed by atoms with Gasteiger partial charge in [-0.05, 0) is 18.2 Å². The molecule has 4 aliphatic heterocycles. The van der Waals surface area contributed by atoms with Crippen LogP contribution in [-0.2, 0) is 14.2 Å². The van der Waals surface area contributed by atoms with Gasteiger partial charge < -0.3 is 68.5 Å². The number of hydrogen-bond donors (Lipinski definition) is 6. The van der Waals surface area contributed by atoms with Crippen LogP contribution < -0.4 is 23.7 Å². The van der Waals surface area contributed by atoms with E-state index in [4.69, 9.17) is 37.9 Å². The molecule has 0 aliphatic carbocycles. The normalized spacial score (nSPS) is 37.0. The van der Waals surface area contributed by atoms with E-state index in [2.05, 4.69) is 0 Å². The largest absolute Gasteiger partial charge is 0.493 e. The molecule has 14 nitrogen and oxygen atoms in total. The van der Waals surface area contributed by atoms with E-state index in [1.165, 1.54) is 0 Å². The summed E-state index contributed by atoms with van der Waals surface area (Å²) in [4.78, 5) is 0. The van der Waals surface area contributed by atoms with Gasteiger partial charge in [0, 0.05) is 17.2 Å². The van der Waals surface area contributed by atoms with E-state index in [-0.39, 0.29) is 24.4 Å². The first kappa shape index (κ1) is 29.2. The number of rotatable bonds is 7. The zero-order valence-electron chi connectivity index (χ0n) is 22.8. The Morgan fingerprint density at radius 3 is 2.38 bits per heavy atom. The molecular weight excluding hydrogens is 560 g/mol. The minimum Gasteiger partial charge on any atom is -0.493 e. The van der Waals surface area contributed by atoms with Crippen LogP contribution in [0, 0.1) is 0 Å². The third kappa shape index (κ3) is 4.92. The zero-order chi connectivity index (χ0) is 29.7. The quantitative estimate of drug-likeness (QED) is 0.227. The molecule has 0 radical (unpaired) electrons. The molecule has 0 amide bonds. The van der Waals surface area contributed by atoms with Crippen LogP contribution in [0.3, 0.4) is 0 Å². The Bertz CT molecular complexity index is 1270. The monoisotopic (exact) mass is 594 g/mol. The highest BCUT2D eigenvalue weighted by atomic mass is 16.8. The van der Waals surface area contributed by atoms with Crippen molar-refractivity contribution in [3.05, 3.63) is 41.5 Å². The summed E-state index contributed by atoms with van der Waals surface area (Å²) in [6, 6.07) is 8.79. The minimum atomic E-state index is -1.66. The van der Waals surface area contributed by atoms with Crippen molar-refractivity contribution in [1.82, 2.24) is 0 Å². The molecule has 2 fully saturated rings. The smallest absolute Gasteiger partial charge is 0.229 e. The van der Waals surface area contributed by atoms with Gasteiger partial charge in [0.05, 0.1) is 40.0 Å². The molecule has 14 heteroatoms. The molecule has 2 saturated heterocycles. The average molecular weight is 595 g/mol. The van der Waals surface area contributed by atoms with Crippen molar-refractivity contribution in [1.29, 1.82) is 0 Å². The number of fused-ring (bicyclic) bond motifs is 5. The molecule has 11 atom stereocenters. The lowest BCUT2D eigenvalue weighted by Crippen LogP contribution is -2.63. The SMILES string of the molecule is COc1ccc2c(c1OC)O[C@@H]1c3ccc(O[C@H]4O[C@H](CO)[C@@H](O)[C@H](O)[C@H]4O[C@H]4OC[C@@H](O)[C@H](O)[C@H]4O)cc3OC[C@@H]21. The summed E-state index contributed by atoms with van der Waals surface area (Å²) < 4.78 is 46.1. The van der Waals surface area contributed by atoms with Crippen LogP contribution in [0.4, 0.5) is 0 Å². The summed E-state index contributed by atoms with van der Waals surface area (Å²) in [5, 5.41) is 61.1. The van der Waals surface area contributed by atoms with Crippen molar-refractivity contribution in [3.63, 3.8) is 0 Å². The van der Waals surface area contributed by atoms with Gasteiger partial charge in [-0.15, -0.1) is 0 Å². The number of methoxy groups -OCH3 is 2. The molecule has 2 aromatic carbocycles. The first-order valence-corrected chi connectivity index (χ1v) is 13.5. The van der Waals surface area contributed by atoms with Gasteiger partial charge in [-0.2, -0.15) is 0 Å². The Balaban J connectivity index is 1.23. The van der Waals surface area contributed by atoms with Gasteiger partial charge in [0.1, 0.15) is 54.2 Å². The van der Waals surface area contributed by atoms with Gasteiger partial charge in [-0.1, -0.05) is 6.07 Å². The summed E-state index contributed by atoms with van der Waals surface area (Å²) in [7, 11) is 3.10. The summed E-state index contributed by atoms with van der Waals surface area (Å²) in [5.41, 5.74) is 1.70. The molecule has 6 rings (SSSR count). The molecule has 4 aliphatic rings. The number of hydrogen-bond acceptors (Lipinski definition) is 14. The first-order valence-electron chi connectivity index (χ1n) is 13.5. The van der Waals surface area contributed by atoms with Gasteiger partial charge in [0.2, 0.25) is 12.0 Å². The zero-order valence-corrected chi connectivity index (χ0v) is 22.8. The third-order valence-corrected chi connectivity index (χ3v) is 8.07. The van der Waals surface area contributed by atoms with E-state index in [1.807, 2.05) is 12.1 Å². The summed E-state index contributed by atoms with van der Waals surface area (Å²) in [5.74, 6) is 2.29. The topological polar surface area (TPSA) is 195 Å². The Morgan fingerprint density at radius 2 is 1.64 bits per heavy atom. The fraction of sp³-hybridized carbons (Fsp3) is 0.571. The molecule has 2 aromatic rings. The van der Waals surface area contributed by atoms with Crippen molar-refractivity contribution in [2.45, 2.75) is 67.3 Å². The van der Waals surface area contributed by atoms with Crippen LogP contribution in [0.2, 0.25) is 0 Å². The van der Waals surface area contributed by atoms with Crippen molar-refractivity contribution in [3.8, 4) is 28.7 Å². The predicted octanol–water partition coefficient (Wildman–Crippen LogP) is -1.04. The molecule has 0 aromatic heterocycles. The molecule has 230 valence electrons. The van der Waals surface area contributed by atoms with Gasteiger partial charge >= 0.3 is 0 Å². The second-order valence-corrected chi connectivity index (χ2v) is 10.6. The van der Waals surface area contributed by atoms with Crippen molar-refractivity contribution < 1.29 is 68.5 Å². The van der Waals surface area contributed by atoms with E-state index >= 15 is 0 Å². The Kier molecular flexibility index (Phi) is 8.08. The molecule has 42 heavy (non-hydrogen) atoms. The predicted molar refractivity (Wildman–Crippen MR) is 139 cm³/mol. The third-order valence-electron chi connectivity index (χ3n) is 8.07. The average Bonchev–Trinajstić information content (AvgIpc) is 3.39. The van der Waals surface area contributed by atoms with Gasteiger partial charge in [-0.3, -0.25) is 0 Å². The second-order valence-electron chi connectivity index (χ2n) is 10.6. The molecular formula is C28H34O14. The number of benzene rings is 2. The molecule has 4 heterocycles. The Hall–Kier alpha value is -2.92. The van der Waals surface area contributed by atoms with E-state index < -0.39 is 61.9 Å². The van der Waals surface area contributed by atoms with E-state index in [9.17, 15) is 30.6 Å². The highest BCUT2D eigenvalue weighted by molar-refractivity contribution is 5.61. The number of aliphatic hydroxyl groups excluding tert-OH is 6. The van der Waals surface area contributed by atoms with Crippen LogP contribution in [-0.4, -0.2) is 120 Å². The van der Waals surface area contributed by atoms with Crippen molar-refractivity contribution in [2.75, 3.05) is 34.0 Å². The maximum absolute atomic E-state index is 10.8. The van der Waals surface area contributed by atoms with Crippen LogP contribution >= 0.6 is 0 Å². The Morgan fingerprint density at radius 1 is 0.857 bits per heavy atom. The lowest BCUT2D eigenvalue weighted by molar-refractivity contribution is -0.344. The van der Waals surface area contributed by atoms with Gasteiger partial charge in [-0.25, -0.2) is 0 Å². The van der Waals surface area contributed by atoms with Gasteiger partial charge in [0.15, 0.2) is 23.9 Å². The number of ether oxygens (including phenoxy) is 8. The summed E-state index contributed by atoms with van der Waals surface area (Å²) in [6.07, 6.45) is -13.6. The molecule has 0 unspecified atom stereocenters. The number of aliphatic hydroxyl groups is 6. The Labute approximate surface area is 240 Å². The minimum absolute atomic E-state index is 0.0868. The summed E-state index contributed by atoms with van der Waals surface area (Å²) in [6.45, 7) is -0.645. The second kappa shape index (κ2) is 11.6. The highest BCUT2D eigenvalue weighted by Gasteiger charge is 2.50. The molecule has 0 bridgehead atoms. The van der Waals surface area contributed by atoms with Crippen LogP contribution in [0.1, 0.15) is 23.1 Å². The molecule has 0 saturated carbocycles. The van der Waals surface area contributed by atoms with E-state index in [0.717, 1.165) is 11.1 Å². The molecule has 0 spiro atoms. The van der Waals surface area contributed by atoms with Crippen LogP contribution in [0.25, 0.3) is 0 Å². The maximum atomic E-state index is 10.8. The standard InChI is InChI=1S/C28H34O14/c1-35-16-6-5-12-14-9-37-17-7-11(3-4-13(17)23(14)41-24(12)25(16)36-2)39-28-26(21(33)20(32)18(8-29)40-28)42-27-22(34)19(31)15(30)10-38-27/h3-7,14-15,18-23,26-34H,8-10H2,1-2H3/t14-,15+,18+,19-,20+,21-,22+,23+,26+,27+,28-/m0/s1. The first-order chi connectivity index (χ1) is 20.2. The lowest BCUT2D eigenvalue weighted by atomic mass is 9.89. The molecule has 6 N–H and O–H groups in total. The fourth-order valence-electron chi connectivity index (χ4n) is 5.77. The van der Waals surface area contributed by atoms with E-state index in [0.29, 0.717) is 29.6 Å². The fourth-order valence-corrected chi connectivity index (χ4v) is 5.77. The summed E-state index contributed by atoms with van der Waals surface area (Å²) >= 11 is 0.